The summed E-state index contributed by atoms with van der Waals surface area (Å²) in [6.45, 7) is 2.67. The molecule has 2 N–H and O–H groups in total. The molecular formula is C11H12ClN3. The summed E-state index contributed by atoms with van der Waals surface area (Å²) in [7, 11) is 0. The van der Waals surface area contributed by atoms with Crippen LogP contribution in [0.5, 0.6) is 0 Å². The Morgan fingerprint density at radius 3 is 2.87 bits per heavy atom. The van der Waals surface area contributed by atoms with Crippen LogP contribution >= 0.6 is 11.6 Å². The highest BCUT2D eigenvalue weighted by atomic mass is 35.5. The molecule has 3 nitrogen and oxygen atoms in total. The third kappa shape index (κ3) is 2.13. The summed E-state index contributed by atoms with van der Waals surface area (Å²) in [5.41, 5.74) is 8.70. The van der Waals surface area contributed by atoms with Crippen LogP contribution in [0.1, 0.15) is 11.3 Å². The highest BCUT2D eigenvalue weighted by Gasteiger charge is 2.03. The molecule has 15 heavy (non-hydrogen) atoms. The lowest BCUT2D eigenvalue weighted by atomic mass is 10.2. The molecule has 2 aromatic rings. The van der Waals surface area contributed by atoms with Gasteiger partial charge in [0.2, 0.25) is 0 Å². The molecule has 0 saturated carbocycles. The van der Waals surface area contributed by atoms with Gasteiger partial charge in [-0.2, -0.15) is 5.10 Å². The zero-order valence-electron chi connectivity index (χ0n) is 8.44. The maximum Gasteiger partial charge on any atom is 0.0683 e. The van der Waals surface area contributed by atoms with E-state index in [1.807, 2.05) is 29.8 Å². The van der Waals surface area contributed by atoms with Gasteiger partial charge in [-0.15, -0.1) is 0 Å². The fraction of sp³-hybridized carbons (Fsp3) is 0.182. The lowest BCUT2D eigenvalue weighted by molar-refractivity contribution is 0.666. The average molecular weight is 222 g/mol. The third-order valence-electron chi connectivity index (χ3n) is 2.35. The third-order valence-corrected chi connectivity index (χ3v) is 2.59. The van der Waals surface area contributed by atoms with Gasteiger partial charge in [-0.05, 0) is 36.8 Å². The smallest absolute Gasteiger partial charge is 0.0683 e. The predicted molar refractivity (Wildman–Crippen MR) is 61.9 cm³/mol. The van der Waals surface area contributed by atoms with Crippen LogP contribution in [-0.4, -0.2) is 9.78 Å². The zero-order chi connectivity index (χ0) is 10.8. The topological polar surface area (TPSA) is 43.8 Å². The Labute approximate surface area is 93.5 Å². The van der Waals surface area contributed by atoms with Crippen molar-refractivity contribution in [3.8, 4) is 0 Å². The minimum atomic E-state index is 0.658. The van der Waals surface area contributed by atoms with Crippen molar-refractivity contribution < 1.29 is 0 Å². The molecule has 0 atom stereocenters. The highest BCUT2D eigenvalue weighted by Crippen LogP contribution is 2.19. The Balaban J connectivity index is 2.32. The number of halogens is 1. The maximum absolute atomic E-state index is 5.91. The van der Waals surface area contributed by atoms with Crippen LogP contribution in [-0.2, 0) is 6.54 Å². The Kier molecular flexibility index (Phi) is 2.64. The molecule has 4 heteroatoms. The highest BCUT2D eigenvalue weighted by molar-refractivity contribution is 6.30. The van der Waals surface area contributed by atoms with Gasteiger partial charge in [0.1, 0.15) is 0 Å². The lowest BCUT2D eigenvalue weighted by Gasteiger charge is -2.07. The predicted octanol–water partition coefficient (Wildman–Crippen LogP) is 2.48. The number of benzene rings is 1. The average Bonchev–Trinajstić information content (AvgIpc) is 2.58. The summed E-state index contributed by atoms with van der Waals surface area (Å²) < 4.78 is 1.89. The van der Waals surface area contributed by atoms with E-state index in [-0.39, 0.29) is 0 Å². The van der Waals surface area contributed by atoms with E-state index < -0.39 is 0 Å². The second kappa shape index (κ2) is 3.95. The first-order valence-electron chi connectivity index (χ1n) is 4.69. The van der Waals surface area contributed by atoms with E-state index in [9.17, 15) is 0 Å². The molecule has 0 amide bonds. The number of aromatic nitrogens is 2. The van der Waals surface area contributed by atoms with Crippen molar-refractivity contribution in [2.45, 2.75) is 13.5 Å². The molecule has 0 fully saturated rings. The largest absolute Gasteiger partial charge is 0.398 e. The molecule has 1 aromatic heterocycles. The molecule has 1 heterocycles. The van der Waals surface area contributed by atoms with Crippen molar-refractivity contribution in [3.05, 3.63) is 46.7 Å². The Morgan fingerprint density at radius 1 is 1.40 bits per heavy atom. The first-order chi connectivity index (χ1) is 7.16. The molecule has 0 aliphatic rings. The van der Waals surface area contributed by atoms with Crippen LogP contribution in [0.3, 0.4) is 0 Å². The van der Waals surface area contributed by atoms with E-state index in [1.165, 1.54) is 0 Å². The molecule has 0 spiro atoms. The molecule has 0 radical (unpaired) electrons. The first kappa shape index (κ1) is 10.1. The van der Waals surface area contributed by atoms with Crippen LogP contribution in [0.15, 0.2) is 30.5 Å². The molecule has 0 saturated heterocycles. The second-order valence-electron chi connectivity index (χ2n) is 3.47. The van der Waals surface area contributed by atoms with Crippen LogP contribution in [0.25, 0.3) is 0 Å². The zero-order valence-corrected chi connectivity index (χ0v) is 9.20. The molecule has 0 aliphatic carbocycles. The van der Waals surface area contributed by atoms with Gasteiger partial charge in [0.15, 0.2) is 0 Å². The van der Waals surface area contributed by atoms with Gasteiger partial charge in [0, 0.05) is 22.6 Å². The fourth-order valence-corrected chi connectivity index (χ4v) is 1.63. The first-order valence-corrected chi connectivity index (χ1v) is 5.07. The van der Waals surface area contributed by atoms with E-state index in [2.05, 4.69) is 5.10 Å². The Hall–Kier alpha value is -1.48. The molecule has 0 unspecified atom stereocenters. The quantitative estimate of drug-likeness (QED) is 0.792. The summed E-state index contributed by atoms with van der Waals surface area (Å²) in [4.78, 5) is 0. The summed E-state index contributed by atoms with van der Waals surface area (Å²) in [6, 6.07) is 7.44. The number of rotatable bonds is 2. The van der Waals surface area contributed by atoms with Gasteiger partial charge in [-0.25, -0.2) is 0 Å². The van der Waals surface area contributed by atoms with Crippen molar-refractivity contribution in [1.82, 2.24) is 9.78 Å². The number of nitrogen functional groups attached to an aromatic ring is 1. The van der Waals surface area contributed by atoms with Gasteiger partial charge in [0.05, 0.1) is 6.54 Å². The number of nitrogens with two attached hydrogens (primary N) is 1. The fourth-order valence-electron chi connectivity index (χ4n) is 1.44. The molecule has 1 aromatic carbocycles. The minimum absolute atomic E-state index is 0.658. The maximum atomic E-state index is 5.91. The van der Waals surface area contributed by atoms with Crippen molar-refractivity contribution in [3.63, 3.8) is 0 Å². The van der Waals surface area contributed by atoms with E-state index >= 15 is 0 Å². The molecule has 0 bridgehead atoms. The summed E-state index contributed by atoms with van der Waals surface area (Å²) in [5.74, 6) is 0. The lowest BCUT2D eigenvalue weighted by Crippen LogP contribution is -2.05. The number of hydrogen-bond acceptors (Lipinski definition) is 2. The number of hydrogen-bond donors (Lipinski definition) is 1. The Morgan fingerprint density at radius 2 is 2.20 bits per heavy atom. The normalized spacial score (nSPS) is 10.5. The van der Waals surface area contributed by atoms with Gasteiger partial charge < -0.3 is 5.73 Å². The van der Waals surface area contributed by atoms with E-state index in [0.29, 0.717) is 11.6 Å². The molecule has 0 aliphatic heterocycles. The second-order valence-corrected chi connectivity index (χ2v) is 3.91. The van der Waals surface area contributed by atoms with Crippen molar-refractivity contribution in [2.24, 2.45) is 0 Å². The van der Waals surface area contributed by atoms with Crippen molar-refractivity contribution in [1.29, 1.82) is 0 Å². The minimum Gasteiger partial charge on any atom is -0.398 e. The molecular weight excluding hydrogens is 210 g/mol. The van der Waals surface area contributed by atoms with Gasteiger partial charge in [0.25, 0.3) is 0 Å². The van der Waals surface area contributed by atoms with E-state index in [1.54, 1.807) is 12.3 Å². The van der Waals surface area contributed by atoms with Crippen molar-refractivity contribution >= 4 is 17.3 Å². The van der Waals surface area contributed by atoms with Crippen LogP contribution in [0.4, 0.5) is 5.69 Å². The van der Waals surface area contributed by atoms with Gasteiger partial charge >= 0.3 is 0 Å². The number of anilines is 1. The van der Waals surface area contributed by atoms with Crippen LogP contribution in [0, 0.1) is 6.92 Å². The number of aryl methyl sites for hydroxylation is 1. The van der Waals surface area contributed by atoms with Crippen molar-refractivity contribution in [2.75, 3.05) is 5.73 Å². The Bertz CT molecular complexity index is 476. The molecule has 2 rings (SSSR count). The van der Waals surface area contributed by atoms with Crippen LogP contribution in [0.2, 0.25) is 5.02 Å². The van der Waals surface area contributed by atoms with E-state index in [0.717, 1.165) is 16.9 Å². The molecule has 78 valence electrons. The monoisotopic (exact) mass is 221 g/mol. The standard InChI is InChI=1S/C11H12ClN3/c1-8-4-5-14-15(8)7-9-6-10(12)2-3-11(9)13/h2-6H,7,13H2,1H3. The summed E-state index contributed by atoms with van der Waals surface area (Å²) in [5, 5.41) is 4.90. The van der Waals surface area contributed by atoms with Gasteiger partial charge in [-0.1, -0.05) is 11.6 Å². The number of nitrogens with zero attached hydrogens (tertiary/aromatic N) is 2. The van der Waals surface area contributed by atoms with Gasteiger partial charge in [-0.3, -0.25) is 4.68 Å². The SMILES string of the molecule is Cc1ccnn1Cc1cc(Cl)ccc1N. The van der Waals surface area contributed by atoms with Crippen LogP contribution < -0.4 is 5.73 Å². The van der Waals surface area contributed by atoms with E-state index in [4.69, 9.17) is 17.3 Å². The summed E-state index contributed by atoms with van der Waals surface area (Å²) >= 11 is 5.91. The summed E-state index contributed by atoms with van der Waals surface area (Å²) in [6.07, 6.45) is 1.77.